The van der Waals surface area contributed by atoms with Gasteiger partial charge in [0, 0.05) is 0 Å². The lowest BCUT2D eigenvalue weighted by molar-refractivity contribution is 0.308. The van der Waals surface area contributed by atoms with Crippen molar-refractivity contribution in [2.75, 3.05) is 0 Å². The first-order chi connectivity index (χ1) is 13.3. The standard InChI is InChI=1S/C27H44/c1-3-5-6-7-8-9-11-23-14-17-27-21-26(19-18-25(27)20-23)24-15-12-22(10-4-2)13-16-24/h18-19,21-24H,3-17,20H2,1-2H3. The molecule has 1 fully saturated rings. The van der Waals surface area contributed by atoms with E-state index in [0.29, 0.717) is 0 Å². The molecule has 0 nitrogen and oxygen atoms in total. The first-order valence-corrected chi connectivity index (χ1v) is 12.4. The zero-order valence-corrected chi connectivity index (χ0v) is 18.3. The molecule has 0 spiro atoms. The van der Waals surface area contributed by atoms with Gasteiger partial charge in [-0.05, 0) is 79.4 Å². The minimum absolute atomic E-state index is 0.851. The Morgan fingerprint density at radius 2 is 1.48 bits per heavy atom. The highest BCUT2D eigenvalue weighted by Gasteiger charge is 2.24. The molecule has 2 aliphatic carbocycles. The van der Waals surface area contributed by atoms with Crippen LogP contribution in [0.1, 0.15) is 126 Å². The van der Waals surface area contributed by atoms with Crippen LogP contribution < -0.4 is 0 Å². The molecule has 3 rings (SSSR count). The van der Waals surface area contributed by atoms with Crippen LogP contribution in [0.5, 0.6) is 0 Å². The van der Waals surface area contributed by atoms with Gasteiger partial charge in [-0.3, -0.25) is 0 Å². The van der Waals surface area contributed by atoms with Crippen LogP contribution in [0.3, 0.4) is 0 Å². The van der Waals surface area contributed by atoms with Gasteiger partial charge in [0.2, 0.25) is 0 Å². The van der Waals surface area contributed by atoms with E-state index < -0.39 is 0 Å². The number of unbranched alkanes of at least 4 members (excludes halogenated alkanes) is 5. The summed E-state index contributed by atoms with van der Waals surface area (Å²) >= 11 is 0. The zero-order chi connectivity index (χ0) is 18.9. The monoisotopic (exact) mass is 368 g/mol. The summed E-state index contributed by atoms with van der Waals surface area (Å²) in [5.41, 5.74) is 5.04. The maximum atomic E-state index is 2.61. The number of fused-ring (bicyclic) bond motifs is 1. The Balaban J connectivity index is 1.44. The fourth-order valence-corrected chi connectivity index (χ4v) is 5.76. The van der Waals surface area contributed by atoms with E-state index in [4.69, 9.17) is 0 Å². The fourth-order valence-electron chi connectivity index (χ4n) is 5.76. The summed E-state index contributed by atoms with van der Waals surface area (Å²) in [5.74, 6) is 2.83. The molecule has 1 aromatic carbocycles. The van der Waals surface area contributed by atoms with E-state index in [1.165, 1.54) is 103 Å². The molecule has 1 unspecified atom stereocenters. The summed E-state index contributed by atoms with van der Waals surface area (Å²) in [6.45, 7) is 4.65. The van der Waals surface area contributed by atoms with Crippen molar-refractivity contribution in [2.24, 2.45) is 11.8 Å². The third-order valence-corrected chi connectivity index (χ3v) is 7.54. The minimum Gasteiger partial charge on any atom is -0.0654 e. The SMILES string of the molecule is CCCCCCCCC1CCc2cc(C3CCC(CCC)CC3)ccc2C1. The maximum Gasteiger partial charge on any atom is -0.0162 e. The van der Waals surface area contributed by atoms with Crippen molar-refractivity contribution >= 4 is 0 Å². The second-order valence-corrected chi connectivity index (χ2v) is 9.70. The summed E-state index contributed by atoms with van der Waals surface area (Å²) < 4.78 is 0. The number of aryl methyl sites for hydroxylation is 1. The van der Waals surface area contributed by atoms with Gasteiger partial charge in [-0.2, -0.15) is 0 Å². The smallest absolute Gasteiger partial charge is 0.0162 e. The molecule has 0 radical (unpaired) electrons. The van der Waals surface area contributed by atoms with Crippen molar-refractivity contribution in [3.63, 3.8) is 0 Å². The molecule has 0 bridgehead atoms. The van der Waals surface area contributed by atoms with Crippen LogP contribution >= 0.6 is 0 Å². The maximum absolute atomic E-state index is 2.61. The van der Waals surface area contributed by atoms with Crippen molar-refractivity contribution < 1.29 is 0 Å². The van der Waals surface area contributed by atoms with E-state index in [-0.39, 0.29) is 0 Å². The summed E-state index contributed by atoms with van der Waals surface area (Å²) in [4.78, 5) is 0. The Morgan fingerprint density at radius 3 is 2.26 bits per heavy atom. The quantitative estimate of drug-likeness (QED) is 0.362. The predicted octanol–water partition coefficient (Wildman–Crippen LogP) is 8.62. The Labute approximate surface area is 169 Å². The third-order valence-electron chi connectivity index (χ3n) is 7.54. The highest BCUT2D eigenvalue weighted by Crippen LogP contribution is 2.39. The van der Waals surface area contributed by atoms with Crippen LogP contribution in [0, 0.1) is 11.8 Å². The van der Waals surface area contributed by atoms with Crippen molar-refractivity contribution in [1.29, 1.82) is 0 Å². The molecule has 0 saturated heterocycles. The molecule has 0 heteroatoms. The molecule has 27 heavy (non-hydrogen) atoms. The van der Waals surface area contributed by atoms with Gasteiger partial charge in [0.05, 0.1) is 0 Å². The van der Waals surface area contributed by atoms with E-state index in [0.717, 1.165) is 17.8 Å². The van der Waals surface area contributed by atoms with Crippen molar-refractivity contribution in [2.45, 2.75) is 122 Å². The first-order valence-electron chi connectivity index (χ1n) is 12.4. The molecule has 152 valence electrons. The van der Waals surface area contributed by atoms with Crippen LogP contribution in [0.25, 0.3) is 0 Å². The van der Waals surface area contributed by atoms with Gasteiger partial charge in [-0.15, -0.1) is 0 Å². The summed E-state index contributed by atoms with van der Waals surface area (Å²) in [5, 5.41) is 0. The Kier molecular flexibility index (Phi) is 8.75. The van der Waals surface area contributed by atoms with Crippen LogP contribution in [0.2, 0.25) is 0 Å². The Hall–Kier alpha value is -0.780. The van der Waals surface area contributed by atoms with Gasteiger partial charge in [0.15, 0.2) is 0 Å². The van der Waals surface area contributed by atoms with Crippen LogP contribution in [0.15, 0.2) is 18.2 Å². The molecule has 1 atom stereocenters. The highest BCUT2D eigenvalue weighted by atomic mass is 14.3. The zero-order valence-electron chi connectivity index (χ0n) is 18.3. The largest absolute Gasteiger partial charge is 0.0654 e. The third kappa shape index (κ3) is 6.37. The molecular formula is C27H44. The normalized spacial score (nSPS) is 25.3. The van der Waals surface area contributed by atoms with Gasteiger partial charge in [-0.1, -0.05) is 89.8 Å². The second-order valence-electron chi connectivity index (χ2n) is 9.70. The van der Waals surface area contributed by atoms with E-state index >= 15 is 0 Å². The Morgan fingerprint density at radius 1 is 0.704 bits per heavy atom. The molecule has 2 aliphatic rings. The number of rotatable bonds is 10. The Bertz CT molecular complexity index is 535. The summed E-state index contributed by atoms with van der Waals surface area (Å²) in [7, 11) is 0. The number of benzene rings is 1. The molecule has 1 saturated carbocycles. The average molecular weight is 369 g/mol. The van der Waals surface area contributed by atoms with Crippen molar-refractivity contribution in [3.8, 4) is 0 Å². The predicted molar refractivity (Wildman–Crippen MR) is 120 cm³/mol. The second kappa shape index (κ2) is 11.3. The van der Waals surface area contributed by atoms with Crippen molar-refractivity contribution in [1.82, 2.24) is 0 Å². The molecule has 0 N–H and O–H groups in total. The van der Waals surface area contributed by atoms with Crippen molar-refractivity contribution in [3.05, 3.63) is 34.9 Å². The number of hydrogen-bond donors (Lipinski definition) is 0. The highest BCUT2D eigenvalue weighted by molar-refractivity contribution is 5.36. The van der Waals surface area contributed by atoms with Gasteiger partial charge < -0.3 is 0 Å². The van der Waals surface area contributed by atoms with Gasteiger partial charge in [0.25, 0.3) is 0 Å². The van der Waals surface area contributed by atoms with E-state index in [1.54, 1.807) is 16.7 Å². The number of hydrogen-bond acceptors (Lipinski definition) is 0. The van der Waals surface area contributed by atoms with E-state index in [9.17, 15) is 0 Å². The fraction of sp³-hybridized carbons (Fsp3) is 0.778. The summed E-state index contributed by atoms with van der Waals surface area (Å²) in [6.07, 6.45) is 22.9. The molecule has 0 aromatic heterocycles. The van der Waals surface area contributed by atoms with Gasteiger partial charge in [0.1, 0.15) is 0 Å². The lowest BCUT2D eigenvalue weighted by atomic mass is 9.75. The van der Waals surface area contributed by atoms with E-state index in [2.05, 4.69) is 32.0 Å². The first kappa shape index (κ1) is 20.9. The van der Waals surface area contributed by atoms with Crippen LogP contribution in [-0.4, -0.2) is 0 Å². The average Bonchev–Trinajstić information content (AvgIpc) is 2.71. The van der Waals surface area contributed by atoms with Gasteiger partial charge in [-0.25, -0.2) is 0 Å². The molecule has 0 heterocycles. The van der Waals surface area contributed by atoms with Crippen LogP contribution in [0.4, 0.5) is 0 Å². The summed E-state index contributed by atoms with van der Waals surface area (Å²) in [6, 6.07) is 7.62. The molecule has 0 aliphatic heterocycles. The molecular weight excluding hydrogens is 324 g/mol. The van der Waals surface area contributed by atoms with Gasteiger partial charge >= 0.3 is 0 Å². The molecule has 0 amide bonds. The van der Waals surface area contributed by atoms with E-state index in [1.807, 2.05) is 0 Å². The lowest BCUT2D eigenvalue weighted by Crippen LogP contribution is -2.16. The minimum atomic E-state index is 0.851. The lowest BCUT2D eigenvalue weighted by Gasteiger charge is -2.30. The molecule has 1 aromatic rings. The van der Waals surface area contributed by atoms with Crippen LogP contribution in [-0.2, 0) is 12.8 Å². The topological polar surface area (TPSA) is 0 Å².